The molecule has 1 heterocycles. The smallest absolute Gasteiger partial charge is 0.254 e. The highest BCUT2D eigenvalue weighted by atomic mass is 32.1. The molecule has 1 fully saturated rings. The first-order chi connectivity index (χ1) is 6.49. The second-order valence-corrected chi connectivity index (χ2v) is 3.74. The van der Waals surface area contributed by atoms with Crippen LogP contribution in [0.15, 0.2) is 12.7 Å². The average Bonchev–Trinajstić information content (AvgIpc) is 2.41. The Balaban J connectivity index is 2.85. The van der Waals surface area contributed by atoms with E-state index in [1.165, 1.54) is 4.90 Å². The fraction of sp³-hybridized carbons (Fsp3) is 0.556. The van der Waals surface area contributed by atoms with E-state index < -0.39 is 12.1 Å². The quantitative estimate of drug-likeness (QED) is 0.514. The van der Waals surface area contributed by atoms with Crippen molar-refractivity contribution in [1.82, 2.24) is 10.2 Å². The number of amides is 1. The molecule has 0 aromatic rings. The van der Waals surface area contributed by atoms with Crippen molar-refractivity contribution >= 4 is 23.2 Å². The van der Waals surface area contributed by atoms with E-state index >= 15 is 0 Å². The van der Waals surface area contributed by atoms with E-state index in [1.807, 2.05) is 6.92 Å². The van der Waals surface area contributed by atoms with Crippen molar-refractivity contribution in [2.24, 2.45) is 0 Å². The van der Waals surface area contributed by atoms with Gasteiger partial charge >= 0.3 is 0 Å². The molecule has 1 unspecified atom stereocenters. The van der Waals surface area contributed by atoms with Gasteiger partial charge in [-0.1, -0.05) is 6.08 Å². The number of hydrogen-bond donors (Lipinski definition) is 2. The first-order valence-electron chi connectivity index (χ1n) is 4.43. The summed E-state index contributed by atoms with van der Waals surface area (Å²) in [5.74, 6) is -0.197. The Morgan fingerprint density at radius 1 is 1.71 bits per heavy atom. The first-order valence-corrected chi connectivity index (χ1v) is 4.84. The highest BCUT2D eigenvalue weighted by molar-refractivity contribution is 7.80. The minimum absolute atomic E-state index is 0.147. The SMILES string of the molecule is C=CC(C)N1C(=O)[C@H]([C@@H](C)O)NC1=S. The van der Waals surface area contributed by atoms with Gasteiger partial charge in [-0.05, 0) is 26.1 Å². The lowest BCUT2D eigenvalue weighted by Gasteiger charge is -2.20. The summed E-state index contributed by atoms with van der Waals surface area (Å²) in [6, 6.07) is -0.767. The van der Waals surface area contributed by atoms with E-state index in [2.05, 4.69) is 11.9 Å². The molecule has 0 spiro atoms. The molecule has 14 heavy (non-hydrogen) atoms. The topological polar surface area (TPSA) is 52.6 Å². The highest BCUT2D eigenvalue weighted by Crippen LogP contribution is 2.13. The fourth-order valence-corrected chi connectivity index (χ4v) is 1.72. The van der Waals surface area contributed by atoms with Crippen LogP contribution >= 0.6 is 12.2 Å². The van der Waals surface area contributed by atoms with Gasteiger partial charge in [-0.25, -0.2) is 0 Å². The number of rotatable bonds is 3. The Bertz CT molecular complexity index is 278. The lowest BCUT2D eigenvalue weighted by molar-refractivity contribution is -0.129. The van der Waals surface area contributed by atoms with Crippen LogP contribution in [0.1, 0.15) is 13.8 Å². The van der Waals surface area contributed by atoms with Crippen molar-refractivity contribution in [3.05, 3.63) is 12.7 Å². The summed E-state index contributed by atoms with van der Waals surface area (Å²) in [7, 11) is 0. The molecule has 1 amide bonds. The predicted molar refractivity (Wildman–Crippen MR) is 57.7 cm³/mol. The fourth-order valence-electron chi connectivity index (χ4n) is 1.33. The van der Waals surface area contributed by atoms with Gasteiger partial charge < -0.3 is 10.4 Å². The molecule has 3 atom stereocenters. The van der Waals surface area contributed by atoms with E-state index in [9.17, 15) is 9.90 Å². The molecule has 1 rings (SSSR count). The summed E-state index contributed by atoms with van der Waals surface area (Å²) < 4.78 is 0. The molecule has 0 aromatic heterocycles. The van der Waals surface area contributed by atoms with Crippen molar-refractivity contribution in [2.45, 2.75) is 32.0 Å². The molecule has 0 saturated carbocycles. The maximum absolute atomic E-state index is 11.7. The van der Waals surface area contributed by atoms with Crippen molar-refractivity contribution in [3.8, 4) is 0 Å². The summed E-state index contributed by atoms with van der Waals surface area (Å²) in [5.41, 5.74) is 0. The Kier molecular flexibility index (Phi) is 3.23. The van der Waals surface area contributed by atoms with Crippen molar-refractivity contribution < 1.29 is 9.90 Å². The van der Waals surface area contributed by atoms with Crippen molar-refractivity contribution in [3.63, 3.8) is 0 Å². The second-order valence-electron chi connectivity index (χ2n) is 3.35. The molecule has 1 saturated heterocycles. The molecule has 1 aliphatic rings. The molecule has 4 nitrogen and oxygen atoms in total. The van der Waals surface area contributed by atoms with Crippen molar-refractivity contribution in [2.75, 3.05) is 0 Å². The van der Waals surface area contributed by atoms with Gasteiger partial charge in [0, 0.05) is 0 Å². The third-order valence-electron chi connectivity index (χ3n) is 2.23. The average molecular weight is 214 g/mol. The lowest BCUT2D eigenvalue weighted by atomic mass is 10.2. The minimum Gasteiger partial charge on any atom is -0.391 e. The predicted octanol–water partition coefficient (Wildman–Crippen LogP) is 0.0270. The van der Waals surface area contributed by atoms with Crippen molar-refractivity contribution in [1.29, 1.82) is 0 Å². The van der Waals surface area contributed by atoms with E-state index in [4.69, 9.17) is 12.2 Å². The van der Waals surface area contributed by atoms with Crippen LogP contribution in [0.4, 0.5) is 0 Å². The zero-order valence-electron chi connectivity index (χ0n) is 8.23. The number of carbonyl (C=O) groups excluding carboxylic acids is 1. The van der Waals surface area contributed by atoms with Crippen LogP contribution in [0.2, 0.25) is 0 Å². The number of carbonyl (C=O) groups is 1. The van der Waals surface area contributed by atoms with Crippen LogP contribution in [0.5, 0.6) is 0 Å². The van der Waals surface area contributed by atoms with Gasteiger partial charge in [0.25, 0.3) is 5.91 Å². The Morgan fingerprint density at radius 2 is 2.29 bits per heavy atom. The summed E-state index contributed by atoms with van der Waals surface area (Å²) >= 11 is 4.99. The number of nitrogens with zero attached hydrogens (tertiary/aromatic N) is 1. The Hall–Kier alpha value is -0.940. The second kappa shape index (κ2) is 4.06. The Morgan fingerprint density at radius 3 is 2.64 bits per heavy atom. The number of nitrogens with one attached hydrogen (secondary N) is 1. The molecule has 0 aromatic carbocycles. The lowest BCUT2D eigenvalue weighted by Crippen LogP contribution is -2.40. The van der Waals surface area contributed by atoms with Gasteiger partial charge in [0.1, 0.15) is 6.04 Å². The van der Waals surface area contributed by atoms with E-state index in [-0.39, 0.29) is 11.9 Å². The summed E-state index contributed by atoms with van der Waals surface area (Å²) in [6.45, 7) is 6.98. The maximum atomic E-state index is 11.7. The van der Waals surface area contributed by atoms with Gasteiger partial charge in [0.2, 0.25) is 0 Å². The molecular weight excluding hydrogens is 200 g/mol. The summed E-state index contributed by atoms with van der Waals surface area (Å²) in [6.07, 6.45) is 0.888. The van der Waals surface area contributed by atoms with E-state index in [1.54, 1.807) is 13.0 Å². The molecule has 2 N–H and O–H groups in total. The molecular formula is C9H14N2O2S. The third-order valence-corrected chi connectivity index (χ3v) is 2.55. The van der Waals surface area contributed by atoms with Crippen LogP contribution in [-0.4, -0.2) is 39.2 Å². The summed E-state index contributed by atoms with van der Waals surface area (Å²) in [4.78, 5) is 13.2. The van der Waals surface area contributed by atoms with Gasteiger partial charge in [-0.3, -0.25) is 9.69 Å². The molecule has 0 radical (unpaired) electrons. The standard InChI is InChI=1S/C9H14N2O2S/c1-4-5(2)11-8(13)7(6(3)12)10-9(11)14/h4-7,12H,1H2,2-3H3,(H,10,14)/t5?,6-,7+/m1/s1. The molecule has 5 heteroatoms. The van der Waals surface area contributed by atoms with Crippen LogP contribution < -0.4 is 5.32 Å². The molecule has 0 aliphatic carbocycles. The largest absolute Gasteiger partial charge is 0.391 e. The molecule has 1 aliphatic heterocycles. The number of aliphatic hydroxyl groups is 1. The molecule has 78 valence electrons. The van der Waals surface area contributed by atoms with E-state index in [0.29, 0.717) is 5.11 Å². The highest BCUT2D eigenvalue weighted by Gasteiger charge is 2.39. The van der Waals surface area contributed by atoms with Crippen LogP contribution in [0.3, 0.4) is 0 Å². The van der Waals surface area contributed by atoms with Crippen LogP contribution in [-0.2, 0) is 4.79 Å². The van der Waals surface area contributed by atoms with Crippen LogP contribution in [0.25, 0.3) is 0 Å². The number of aliphatic hydroxyl groups excluding tert-OH is 1. The Labute approximate surface area is 88.6 Å². The summed E-state index contributed by atoms with van der Waals surface area (Å²) in [5, 5.41) is 12.5. The van der Waals surface area contributed by atoms with Gasteiger partial charge in [-0.2, -0.15) is 0 Å². The zero-order valence-corrected chi connectivity index (χ0v) is 9.04. The monoisotopic (exact) mass is 214 g/mol. The van der Waals surface area contributed by atoms with Crippen LogP contribution in [0, 0.1) is 0 Å². The minimum atomic E-state index is -0.748. The molecule has 0 bridgehead atoms. The first kappa shape index (κ1) is 11.1. The van der Waals surface area contributed by atoms with Gasteiger partial charge in [0.05, 0.1) is 12.1 Å². The van der Waals surface area contributed by atoms with Gasteiger partial charge in [0.15, 0.2) is 5.11 Å². The third kappa shape index (κ3) is 1.78. The van der Waals surface area contributed by atoms with Gasteiger partial charge in [-0.15, -0.1) is 6.58 Å². The number of thiocarbonyl (C=S) groups is 1. The normalized spacial score (nSPS) is 25.9. The number of hydrogen-bond acceptors (Lipinski definition) is 3. The maximum Gasteiger partial charge on any atom is 0.254 e. The zero-order chi connectivity index (χ0) is 10.9. The van der Waals surface area contributed by atoms with E-state index in [0.717, 1.165) is 0 Å².